The number of carbonyl (C=O) groups excluding carboxylic acids is 5. The monoisotopic (exact) mass is 740 g/mol. The molecule has 2 heterocycles. The standard InChI is InChI=1S/C37H46ClFN6O7/c1-37(2,3)44-34(50)28(18-22-11-13-24(39)14-12-22)42-33(49)29(19-23-21-40-26-9-5-4-8-25(23)26)43-35(51)30-10-6-7-17-45(30)36(52)27(15-16-32(47)48)41-31(46)20-38/h4-5,8-9,11-14,21,27-30,40H,6-7,10,15-20H2,1-3H3,(H,41,46)(H,42,49)(H,43,51)(H,44,50)(H,47,48)/t27-,28-,29-,30-/m0/s1. The minimum atomic E-state index is -1.23. The number of aromatic nitrogens is 1. The molecule has 1 saturated heterocycles. The van der Waals surface area contributed by atoms with E-state index in [-0.39, 0.29) is 32.2 Å². The number of alkyl halides is 1. The van der Waals surface area contributed by atoms with Crippen molar-refractivity contribution in [2.24, 2.45) is 0 Å². The zero-order valence-corrected chi connectivity index (χ0v) is 30.2. The molecule has 15 heteroatoms. The quantitative estimate of drug-likeness (QED) is 0.129. The van der Waals surface area contributed by atoms with Crippen molar-refractivity contribution in [3.05, 3.63) is 71.7 Å². The highest BCUT2D eigenvalue weighted by atomic mass is 35.5. The van der Waals surface area contributed by atoms with E-state index in [4.69, 9.17) is 11.6 Å². The zero-order chi connectivity index (χ0) is 38.0. The highest BCUT2D eigenvalue weighted by Crippen LogP contribution is 2.22. The summed E-state index contributed by atoms with van der Waals surface area (Å²) in [4.78, 5) is 83.5. The summed E-state index contributed by atoms with van der Waals surface area (Å²) in [6, 6.07) is 8.48. The highest BCUT2D eigenvalue weighted by molar-refractivity contribution is 6.27. The van der Waals surface area contributed by atoms with Crippen LogP contribution in [0, 0.1) is 5.82 Å². The number of carboxylic acid groups (broad SMARTS) is 1. The predicted molar refractivity (Wildman–Crippen MR) is 193 cm³/mol. The molecule has 1 fully saturated rings. The van der Waals surface area contributed by atoms with E-state index >= 15 is 0 Å². The van der Waals surface area contributed by atoms with Crippen molar-refractivity contribution in [2.75, 3.05) is 12.4 Å². The first kappa shape index (κ1) is 39.8. The number of amides is 5. The smallest absolute Gasteiger partial charge is 0.303 e. The summed E-state index contributed by atoms with van der Waals surface area (Å²) < 4.78 is 13.7. The normalized spacial score (nSPS) is 16.3. The average Bonchev–Trinajstić information content (AvgIpc) is 3.51. The Bertz CT molecular complexity index is 1760. The first-order chi connectivity index (χ1) is 24.6. The number of H-pyrrole nitrogens is 1. The van der Waals surface area contributed by atoms with Crippen molar-refractivity contribution in [3.63, 3.8) is 0 Å². The van der Waals surface area contributed by atoms with Crippen LogP contribution in [0.5, 0.6) is 0 Å². The second kappa shape index (κ2) is 18.0. The summed E-state index contributed by atoms with van der Waals surface area (Å²) in [6.45, 7) is 5.56. The van der Waals surface area contributed by atoms with Crippen molar-refractivity contribution >= 4 is 58.0 Å². The average molecular weight is 741 g/mol. The van der Waals surface area contributed by atoms with Gasteiger partial charge in [0.05, 0.1) is 0 Å². The maximum atomic E-state index is 14.2. The van der Waals surface area contributed by atoms with Gasteiger partial charge in [-0.3, -0.25) is 28.8 Å². The van der Waals surface area contributed by atoms with E-state index < -0.39 is 83.3 Å². The number of carboxylic acids is 1. The number of carbonyl (C=O) groups is 6. The Balaban J connectivity index is 1.63. The molecule has 52 heavy (non-hydrogen) atoms. The Morgan fingerprint density at radius 1 is 0.923 bits per heavy atom. The molecule has 2 aromatic carbocycles. The fourth-order valence-corrected chi connectivity index (χ4v) is 6.30. The fourth-order valence-electron chi connectivity index (χ4n) is 6.22. The van der Waals surface area contributed by atoms with Crippen LogP contribution in [0.15, 0.2) is 54.7 Å². The molecular weight excluding hydrogens is 695 g/mol. The van der Waals surface area contributed by atoms with Gasteiger partial charge in [-0.2, -0.15) is 0 Å². The van der Waals surface area contributed by atoms with Crippen LogP contribution in [0.2, 0.25) is 0 Å². The van der Waals surface area contributed by atoms with Crippen LogP contribution < -0.4 is 21.3 Å². The number of nitrogens with zero attached hydrogens (tertiary/aromatic N) is 1. The molecule has 1 aliphatic rings. The second-order valence-electron chi connectivity index (χ2n) is 14.0. The largest absolute Gasteiger partial charge is 0.481 e. The number of aliphatic carboxylic acids is 1. The zero-order valence-electron chi connectivity index (χ0n) is 29.5. The summed E-state index contributed by atoms with van der Waals surface area (Å²) in [7, 11) is 0. The summed E-state index contributed by atoms with van der Waals surface area (Å²) in [5, 5.41) is 21.1. The van der Waals surface area contributed by atoms with Gasteiger partial charge in [0, 0.05) is 48.4 Å². The highest BCUT2D eigenvalue weighted by Gasteiger charge is 2.38. The number of rotatable bonds is 15. The van der Waals surface area contributed by atoms with Gasteiger partial charge in [-0.25, -0.2) is 4.39 Å². The molecule has 13 nitrogen and oxygen atoms in total. The van der Waals surface area contributed by atoms with Crippen molar-refractivity contribution in [2.45, 2.75) is 95.4 Å². The van der Waals surface area contributed by atoms with Crippen LogP contribution in [0.25, 0.3) is 10.9 Å². The number of benzene rings is 2. The Morgan fingerprint density at radius 2 is 1.62 bits per heavy atom. The van der Waals surface area contributed by atoms with Gasteiger partial charge in [0.15, 0.2) is 0 Å². The van der Waals surface area contributed by atoms with E-state index in [0.717, 1.165) is 16.5 Å². The number of likely N-dealkylation sites (tertiary alicyclic amines) is 1. The third-order valence-electron chi connectivity index (χ3n) is 8.71. The molecule has 0 radical (unpaired) electrons. The van der Waals surface area contributed by atoms with E-state index in [0.29, 0.717) is 18.4 Å². The molecule has 0 spiro atoms. The van der Waals surface area contributed by atoms with E-state index in [1.54, 1.807) is 27.0 Å². The van der Waals surface area contributed by atoms with Crippen LogP contribution in [0.3, 0.4) is 0 Å². The minimum absolute atomic E-state index is 0.0272. The van der Waals surface area contributed by atoms with Gasteiger partial charge in [0.1, 0.15) is 35.9 Å². The molecule has 4 rings (SSSR count). The topological polar surface area (TPSA) is 190 Å². The molecule has 280 valence electrons. The number of para-hydroxylation sites is 1. The van der Waals surface area contributed by atoms with E-state index in [1.165, 1.54) is 29.2 Å². The van der Waals surface area contributed by atoms with Crippen LogP contribution in [0.1, 0.15) is 64.0 Å². The summed E-state index contributed by atoms with van der Waals surface area (Å²) in [6.07, 6.45) is 2.62. The van der Waals surface area contributed by atoms with Gasteiger partial charge in [-0.15, -0.1) is 11.6 Å². The minimum Gasteiger partial charge on any atom is -0.481 e. The Hall–Kier alpha value is -4.98. The van der Waals surface area contributed by atoms with Crippen LogP contribution in [-0.4, -0.2) is 92.6 Å². The maximum Gasteiger partial charge on any atom is 0.303 e. The lowest BCUT2D eigenvalue weighted by Gasteiger charge is -2.37. The third kappa shape index (κ3) is 11.3. The van der Waals surface area contributed by atoms with Crippen LogP contribution in [0.4, 0.5) is 4.39 Å². The Kier molecular flexibility index (Phi) is 13.8. The van der Waals surface area contributed by atoms with E-state index in [2.05, 4.69) is 26.3 Å². The lowest BCUT2D eigenvalue weighted by Crippen LogP contribution is -2.61. The maximum absolute atomic E-state index is 14.2. The number of piperidine rings is 1. The van der Waals surface area contributed by atoms with Crippen molar-refractivity contribution < 1.29 is 38.3 Å². The molecule has 0 unspecified atom stereocenters. The Morgan fingerprint density at radius 3 is 2.29 bits per heavy atom. The molecule has 4 atom stereocenters. The van der Waals surface area contributed by atoms with Crippen molar-refractivity contribution in [1.82, 2.24) is 31.2 Å². The number of aromatic amines is 1. The number of fused-ring (bicyclic) bond motifs is 1. The molecule has 0 bridgehead atoms. The van der Waals surface area contributed by atoms with Crippen molar-refractivity contribution in [1.29, 1.82) is 0 Å². The van der Waals surface area contributed by atoms with Crippen LogP contribution in [-0.2, 0) is 41.6 Å². The number of hydrogen-bond donors (Lipinski definition) is 6. The molecule has 0 aliphatic carbocycles. The molecule has 1 aromatic heterocycles. The van der Waals surface area contributed by atoms with Crippen LogP contribution >= 0.6 is 11.6 Å². The van der Waals surface area contributed by atoms with Gasteiger partial charge in [0.2, 0.25) is 29.5 Å². The summed E-state index contributed by atoms with van der Waals surface area (Å²) in [5.41, 5.74) is 1.50. The lowest BCUT2D eigenvalue weighted by molar-refractivity contribution is -0.146. The van der Waals surface area contributed by atoms with Crippen molar-refractivity contribution in [3.8, 4) is 0 Å². The van der Waals surface area contributed by atoms with Gasteiger partial charge < -0.3 is 36.3 Å². The molecule has 3 aromatic rings. The Labute approximate surface area is 306 Å². The predicted octanol–water partition coefficient (Wildman–Crippen LogP) is 2.95. The number of nitrogens with one attached hydrogen (secondary N) is 5. The number of hydrogen-bond acceptors (Lipinski definition) is 6. The molecule has 1 aliphatic heterocycles. The first-order valence-electron chi connectivity index (χ1n) is 17.2. The van der Waals surface area contributed by atoms with Gasteiger partial charge in [-0.1, -0.05) is 30.3 Å². The molecule has 0 saturated carbocycles. The molecule has 5 amide bonds. The van der Waals surface area contributed by atoms with E-state index in [9.17, 15) is 38.3 Å². The van der Waals surface area contributed by atoms with Gasteiger partial charge >= 0.3 is 5.97 Å². The summed E-state index contributed by atoms with van der Waals surface area (Å²) in [5.74, 6) is -5.10. The SMILES string of the molecule is CC(C)(C)NC(=O)[C@H](Cc1ccc(F)cc1)NC(=O)[C@H](Cc1c[nH]c2ccccc12)NC(=O)[C@@H]1CCCCN1C(=O)[C@H](CCC(=O)O)NC(=O)CCl. The fraction of sp³-hybridized carbons (Fsp3) is 0.459. The lowest BCUT2D eigenvalue weighted by atomic mass is 9.97. The van der Waals surface area contributed by atoms with Gasteiger partial charge in [0.25, 0.3) is 0 Å². The first-order valence-corrected chi connectivity index (χ1v) is 17.8. The summed E-state index contributed by atoms with van der Waals surface area (Å²) >= 11 is 5.65. The second-order valence-corrected chi connectivity index (χ2v) is 14.3. The third-order valence-corrected chi connectivity index (χ3v) is 8.95. The number of halogens is 2. The molecular formula is C37H46ClFN6O7. The molecule has 6 N–H and O–H groups in total. The van der Waals surface area contributed by atoms with E-state index in [1.807, 2.05) is 24.3 Å². The van der Waals surface area contributed by atoms with Gasteiger partial charge in [-0.05, 0) is 75.8 Å².